The largest absolute Gasteiger partial charge is 0.445 e. The molecular weight excluding hydrogens is 238 g/mol. The molecule has 17 heavy (non-hydrogen) atoms. The van der Waals surface area contributed by atoms with Gasteiger partial charge < -0.3 is 9.64 Å². The van der Waals surface area contributed by atoms with Gasteiger partial charge in [0.05, 0.1) is 5.38 Å². The van der Waals surface area contributed by atoms with Gasteiger partial charge in [-0.1, -0.05) is 30.3 Å². The van der Waals surface area contributed by atoms with E-state index < -0.39 is 0 Å². The first kappa shape index (κ1) is 12.2. The number of alkyl halides is 1. The molecule has 0 N–H and O–H groups in total. The summed E-state index contributed by atoms with van der Waals surface area (Å²) in [5, 5.41) is 0.0630. The van der Waals surface area contributed by atoms with E-state index in [1.807, 2.05) is 30.3 Å². The van der Waals surface area contributed by atoms with Crippen molar-refractivity contribution in [3.63, 3.8) is 0 Å². The number of ether oxygens (including phenoxy) is 1. The highest BCUT2D eigenvalue weighted by atomic mass is 35.5. The fraction of sp³-hybridized carbons (Fsp3) is 0.462. The Morgan fingerprint density at radius 1 is 1.41 bits per heavy atom. The van der Waals surface area contributed by atoms with Crippen LogP contribution in [0.1, 0.15) is 18.4 Å². The molecule has 0 aromatic heterocycles. The number of amides is 1. The van der Waals surface area contributed by atoms with Crippen LogP contribution in [0.15, 0.2) is 30.3 Å². The molecule has 92 valence electrons. The van der Waals surface area contributed by atoms with Crippen LogP contribution >= 0.6 is 11.6 Å². The minimum atomic E-state index is -0.265. The number of hydrogen-bond donors (Lipinski definition) is 0. The molecular formula is C13H16ClNO2. The Hall–Kier alpha value is -1.22. The average molecular weight is 254 g/mol. The molecule has 1 amide bonds. The van der Waals surface area contributed by atoms with E-state index >= 15 is 0 Å². The summed E-state index contributed by atoms with van der Waals surface area (Å²) in [6.07, 6.45) is 1.66. The molecule has 1 atom stereocenters. The van der Waals surface area contributed by atoms with E-state index in [0.29, 0.717) is 13.2 Å². The van der Waals surface area contributed by atoms with Crippen LogP contribution in [-0.4, -0.2) is 29.5 Å². The minimum absolute atomic E-state index is 0.0630. The van der Waals surface area contributed by atoms with Crippen molar-refractivity contribution in [2.24, 2.45) is 0 Å². The number of carbonyl (C=O) groups is 1. The number of halogens is 1. The lowest BCUT2D eigenvalue weighted by molar-refractivity contribution is 0.0900. The van der Waals surface area contributed by atoms with Crippen LogP contribution in [0, 0.1) is 0 Å². The quantitative estimate of drug-likeness (QED) is 0.759. The molecule has 0 radical (unpaired) electrons. The number of likely N-dealkylation sites (tertiary alicyclic amines) is 1. The second kappa shape index (κ2) is 5.92. The SMILES string of the molecule is O=C(OCc1ccccc1)N1CCCC(Cl)C1. The van der Waals surface area contributed by atoms with E-state index in [9.17, 15) is 4.79 Å². The molecule has 1 aromatic carbocycles. The summed E-state index contributed by atoms with van der Waals surface area (Å²) >= 11 is 6.02. The van der Waals surface area contributed by atoms with Gasteiger partial charge in [-0.15, -0.1) is 11.6 Å². The Balaban J connectivity index is 1.81. The fourth-order valence-corrected chi connectivity index (χ4v) is 2.22. The van der Waals surface area contributed by atoms with E-state index in [1.54, 1.807) is 4.90 Å². The molecule has 1 aromatic rings. The summed E-state index contributed by atoms with van der Waals surface area (Å²) in [5.74, 6) is 0. The molecule has 0 bridgehead atoms. The lowest BCUT2D eigenvalue weighted by Gasteiger charge is -2.28. The lowest BCUT2D eigenvalue weighted by atomic mass is 10.1. The number of carbonyl (C=O) groups excluding carboxylic acids is 1. The second-order valence-electron chi connectivity index (χ2n) is 4.23. The molecule has 4 heteroatoms. The first-order chi connectivity index (χ1) is 8.25. The lowest BCUT2D eigenvalue weighted by Crippen LogP contribution is -2.40. The van der Waals surface area contributed by atoms with E-state index in [0.717, 1.165) is 24.9 Å². The van der Waals surface area contributed by atoms with Crippen molar-refractivity contribution in [2.75, 3.05) is 13.1 Å². The monoisotopic (exact) mass is 253 g/mol. The Kier molecular flexibility index (Phi) is 4.26. The number of hydrogen-bond acceptors (Lipinski definition) is 2. The topological polar surface area (TPSA) is 29.5 Å². The third kappa shape index (κ3) is 3.63. The zero-order valence-electron chi connectivity index (χ0n) is 9.64. The smallest absolute Gasteiger partial charge is 0.410 e. The summed E-state index contributed by atoms with van der Waals surface area (Å²) in [4.78, 5) is 13.4. The van der Waals surface area contributed by atoms with Gasteiger partial charge in [0, 0.05) is 13.1 Å². The number of piperidine rings is 1. The van der Waals surface area contributed by atoms with Gasteiger partial charge in [-0.3, -0.25) is 0 Å². The normalized spacial score (nSPS) is 20.1. The Bertz CT molecular complexity index is 369. The molecule has 3 nitrogen and oxygen atoms in total. The number of benzene rings is 1. The van der Waals surface area contributed by atoms with Crippen molar-refractivity contribution < 1.29 is 9.53 Å². The van der Waals surface area contributed by atoms with Crippen molar-refractivity contribution in [3.05, 3.63) is 35.9 Å². The van der Waals surface area contributed by atoms with Crippen molar-refractivity contribution >= 4 is 17.7 Å². The van der Waals surface area contributed by atoms with Crippen LogP contribution in [0.2, 0.25) is 0 Å². The summed E-state index contributed by atoms with van der Waals surface area (Å²) in [6, 6.07) is 9.67. The Morgan fingerprint density at radius 3 is 2.88 bits per heavy atom. The first-order valence-electron chi connectivity index (χ1n) is 5.85. The van der Waals surface area contributed by atoms with Gasteiger partial charge in [0.1, 0.15) is 6.61 Å². The minimum Gasteiger partial charge on any atom is -0.445 e. The fourth-order valence-electron chi connectivity index (χ4n) is 1.90. The highest BCUT2D eigenvalue weighted by molar-refractivity contribution is 6.20. The summed E-state index contributed by atoms with van der Waals surface area (Å²) < 4.78 is 5.24. The van der Waals surface area contributed by atoms with Gasteiger partial charge >= 0.3 is 6.09 Å². The molecule has 0 aliphatic carbocycles. The van der Waals surface area contributed by atoms with Crippen LogP contribution in [0.3, 0.4) is 0 Å². The van der Waals surface area contributed by atoms with Gasteiger partial charge in [0.25, 0.3) is 0 Å². The van der Waals surface area contributed by atoms with E-state index in [1.165, 1.54) is 0 Å². The molecule has 1 aliphatic heterocycles. The summed E-state index contributed by atoms with van der Waals surface area (Å²) in [5.41, 5.74) is 1.00. The maximum atomic E-state index is 11.8. The first-order valence-corrected chi connectivity index (χ1v) is 6.29. The van der Waals surface area contributed by atoms with Gasteiger partial charge in [-0.05, 0) is 18.4 Å². The predicted molar refractivity (Wildman–Crippen MR) is 67.1 cm³/mol. The zero-order chi connectivity index (χ0) is 12.1. The third-order valence-electron chi connectivity index (χ3n) is 2.83. The maximum absolute atomic E-state index is 11.8. The van der Waals surface area contributed by atoms with Crippen molar-refractivity contribution in [1.82, 2.24) is 4.90 Å². The van der Waals surface area contributed by atoms with Crippen LogP contribution in [-0.2, 0) is 11.3 Å². The van der Waals surface area contributed by atoms with Crippen molar-refractivity contribution in [2.45, 2.75) is 24.8 Å². The van der Waals surface area contributed by atoms with E-state index in [-0.39, 0.29) is 11.5 Å². The van der Waals surface area contributed by atoms with Gasteiger partial charge in [-0.2, -0.15) is 0 Å². The van der Waals surface area contributed by atoms with E-state index in [4.69, 9.17) is 16.3 Å². The van der Waals surface area contributed by atoms with Crippen molar-refractivity contribution in [1.29, 1.82) is 0 Å². The highest BCUT2D eigenvalue weighted by Gasteiger charge is 2.22. The standard InChI is InChI=1S/C13H16ClNO2/c14-12-7-4-8-15(9-12)13(16)17-10-11-5-2-1-3-6-11/h1-3,5-6,12H,4,7-10H2. The maximum Gasteiger partial charge on any atom is 0.410 e. The Labute approximate surface area is 106 Å². The van der Waals surface area contributed by atoms with Gasteiger partial charge in [-0.25, -0.2) is 4.79 Å². The molecule has 1 saturated heterocycles. The molecule has 0 spiro atoms. The molecule has 1 aliphatic rings. The highest BCUT2D eigenvalue weighted by Crippen LogP contribution is 2.16. The number of rotatable bonds is 2. The van der Waals surface area contributed by atoms with Crippen LogP contribution in [0.5, 0.6) is 0 Å². The van der Waals surface area contributed by atoms with Crippen molar-refractivity contribution in [3.8, 4) is 0 Å². The van der Waals surface area contributed by atoms with Gasteiger partial charge in [0.15, 0.2) is 0 Å². The van der Waals surface area contributed by atoms with Crippen LogP contribution in [0.4, 0.5) is 4.79 Å². The van der Waals surface area contributed by atoms with E-state index in [2.05, 4.69) is 0 Å². The summed E-state index contributed by atoms with van der Waals surface area (Å²) in [6.45, 7) is 1.66. The second-order valence-corrected chi connectivity index (χ2v) is 4.84. The summed E-state index contributed by atoms with van der Waals surface area (Å²) in [7, 11) is 0. The molecule has 2 rings (SSSR count). The molecule has 1 unspecified atom stereocenters. The Morgan fingerprint density at radius 2 is 2.18 bits per heavy atom. The zero-order valence-corrected chi connectivity index (χ0v) is 10.4. The molecule has 0 saturated carbocycles. The average Bonchev–Trinajstić information content (AvgIpc) is 2.37. The van der Waals surface area contributed by atoms with Crippen LogP contribution < -0.4 is 0 Å². The number of nitrogens with zero attached hydrogens (tertiary/aromatic N) is 1. The molecule has 1 fully saturated rings. The van der Waals surface area contributed by atoms with Gasteiger partial charge in [0.2, 0.25) is 0 Å². The van der Waals surface area contributed by atoms with Crippen LogP contribution in [0.25, 0.3) is 0 Å². The predicted octanol–water partition coefficient (Wildman–Crippen LogP) is 3.03. The molecule has 1 heterocycles. The third-order valence-corrected chi connectivity index (χ3v) is 3.18.